The summed E-state index contributed by atoms with van der Waals surface area (Å²) < 4.78 is 48.9. The van der Waals surface area contributed by atoms with Gasteiger partial charge in [-0.15, -0.1) is 17.5 Å². The van der Waals surface area contributed by atoms with Crippen molar-refractivity contribution in [2.75, 3.05) is 32.6 Å². The maximum atomic E-state index is 14.0. The Balaban J connectivity index is 0.00000361. The van der Waals surface area contributed by atoms with Gasteiger partial charge in [-0.05, 0) is 49.2 Å². The van der Waals surface area contributed by atoms with E-state index in [0.717, 1.165) is 4.90 Å². The van der Waals surface area contributed by atoms with Gasteiger partial charge in [-0.2, -0.15) is 22.7 Å². The van der Waals surface area contributed by atoms with E-state index in [2.05, 4.69) is 25.7 Å². The maximum absolute atomic E-state index is 14.0. The van der Waals surface area contributed by atoms with Crippen molar-refractivity contribution in [2.45, 2.75) is 31.7 Å². The van der Waals surface area contributed by atoms with Gasteiger partial charge in [0.2, 0.25) is 11.2 Å². The monoisotopic (exact) mass is 547 g/mol. The third kappa shape index (κ3) is 5.66. The van der Waals surface area contributed by atoms with Crippen molar-refractivity contribution in [3.05, 3.63) is 47.0 Å². The molecule has 1 unspecified atom stereocenters. The highest BCUT2D eigenvalue weighted by Crippen LogP contribution is 2.38. The number of hydrogen-bond acceptors (Lipinski definition) is 7. The fourth-order valence-corrected chi connectivity index (χ4v) is 4.39. The number of alkyl halides is 3. The number of nitrogens with one attached hydrogen (secondary N) is 2. The van der Waals surface area contributed by atoms with Gasteiger partial charge in [-0.25, -0.2) is 4.98 Å². The van der Waals surface area contributed by atoms with Crippen molar-refractivity contribution in [1.82, 2.24) is 29.8 Å². The lowest BCUT2D eigenvalue weighted by molar-refractivity contribution is -0.190. The van der Waals surface area contributed by atoms with Gasteiger partial charge in [0.25, 0.3) is 5.78 Å². The van der Waals surface area contributed by atoms with E-state index >= 15 is 0 Å². The number of carbonyl (C=O) groups excluding carboxylic acids is 1. The molecule has 196 valence electrons. The number of ether oxygens (including phenoxy) is 1. The average molecular weight is 548 g/mol. The van der Waals surface area contributed by atoms with E-state index in [1.165, 1.54) is 49.1 Å². The highest BCUT2D eigenvalue weighted by molar-refractivity contribution is 6.28. The smallest absolute Gasteiger partial charge is 0.375 e. The molecule has 1 saturated heterocycles. The fraction of sp³-hybridized carbons (Fsp3) is 0.455. The van der Waals surface area contributed by atoms with E-state index < -0.39 is 30.1 Å². The van der Waals surface area contributed by atoms with Crippen LogP contribution in [0.1, 0.15) is 36.7 Å². The number of rotatable bonds is 7. The van der Waals surface area contributed by atoms with Crippen LogP contribution in [0.5, 0.6) is 0 Å². The Morgan fingerprint density at radius 1 is 1.33 bits per heavy atom. The average Bonchev–Trinajstić information content (AvgIpc) is 3.47. The second-order valence-electron chi connectivity index (χ2n) is 8.36. The molecule has 14 heteroatoms. The van der Waals surface area contributed by atoms with E-state index in [9.17, 15) is 18.0 Å². The molecule has 1 aliphatic rings. The number of carbonyl (C=O) groups is 1. The number of benzene rings is 1. The van der Waals surface area contributed by atoms with Crippen molar-refractivity contribution in [2.24, 2.45) is 5.92 Å². The Morgan fingerprint density at radius 2 is 2.03 bits per heavy atom. The maximum Gasteiger partial charge on any atom is 0.413 e. The Labute approximate surface area is 216 Å². The van der Waals surface area contributed by atoms with Crippen molar-refractivity contribution >= 4 is 47.1 Å². The summed E-state index contributed by atoms with van der Waals surface area (Å²) in [5.74, 6) is -0.698. The number of fused-ring (bicyclic) bond motifs is 1. The van der Waals surface area contributed by atoms with Crippen LogP contribution in [0.4, 0.5) is 24.5 Å². The number of amides is 1. The summed E-state index contributed by atoms with van der Waals surface area (Å²) in [6.45, 7) is 2.81. The second-order valence-corrected chi connectivity index (χ2v) is 8.70. The molecule has 1 aromatic carbocycles. The van der Waals surface area contributed by atoms with Crippen molar-refractivity contribution in [1.29, 1.82) is 0 Å². The fourth-order valence-electron chi connectivity index (χ4n) is 4.24. The first-order chi connectivity index (χ1) is 16.6. The largest absolute Gasteiger partial charge is 0.413 e. The summed E-state index contributed by atoms with van der Waals surface area (Å²) in [4.78, 5) is 21.7. The first kappa shape index (κ1) is 27.9. The molecule has 3 atom stereocenters. The van der Waals surface area contributed by atoms with Crippen LogP contribution in [-0.4, -0.2) is 63.8 Å². The van der Waals surface area contributed by atoms with E-state index in [-0.39, 0.29) is 29.0 Å². The lowest BCUT2D eigenvalue weighted by Gasteiger charge is -2.32. The standard InChI is InChI=1S/C22H25ClF3N7O2.ClH/c1-12(35-3)17-16(11-28-21-30-20(23)31-33(17)21)29-15-6-4-13(5-7-15)18(22(24,25)26)32(2)19(34)14-8-9-27-10-14;/h4-7,11-12,14,18,27,29H,8-10H2,1-3H3;1H/t12-,14?,18-;/m0./s1. The van der Waals surface area contributed by atoms with Crippen LogP contribution < -0.4 is 10.6 Å². The molecule has 9 nitrogen and oxygen atoms in total. The SMILES string of the molecule is CO[C@@H](C)c1c(Nc2ccc([C@H](N(C)C(=O)C3CCNC3)C(F)(F)F)cc2)cnc2nc(Cl)nn12.Cl. The first-order valence-electron chi connectivity index (χ1n) is 10.9. The van der Waals surface area contributed by atoms with Crippen LogP contribution in [0.3, 0.4) is 0 Å². The Morgan fingerprint density at radius 3 is 2.61 bits per heavy atom. The molecule has 3 aromatic rings. The van der Waals surface area contributed by atoms with Gasteiger partial charge in [0.05, 0.1) is 29.6 Å². The molecule has 0 bridgehead atoms. The normalized spacial score (nSPS) is 17.5. The van der Waals surface area contributed by atoms with E-state index in [1.807, 2.05) is 0 Å². The summed E-state index contributed by atoms with van der Waals surface area (Å²) in [5.41, 5.74) is 1.59. The molecule has 2 aromatic heterocycles. The number of aromatic nitrogens is 4. The lowest BCUT2D eigenvalue weighted by Crippen LogP contribution is -2.43. The molecular formula is C22H26Cl2F3N7O2. The van der Waals surface area contributed by atoms with Crippen molar-refractivity contribution in [3.63, 3.8) is 0 Å². The van der Waals surface area contributed by atoms with Gasteiger partial charge in [0, 0.05) is 26.4 Å². The summed E-state index contributed by atoms with van der Waals surface area (Å²) >= 11 is 5.92. The summed E-state index contributed by atoms with van der Waals surface area (Å²) in [6.07, 6.45) is -3.00. The zero-order valence-corrected chi connectivity index (χ0v) is 21.3. The molecule has 1 amide bonds. The van der Waals surface area contributed by atoms with E-state index in [0.29, 0.717) is 36.6 Å². The minimum Gasteiger partial charge on any atom is -0.375 e. The van der Waals surface area contributed by atoms with E-state index in [1.54, 1.807) is 6.92 Å². The van der Waals surface area contributed by atoms with Gasteiger partial charge in [-0.1, -0.05) is 12.1 Å². The third-order valence-corrected chi connectivity index (χ3v) is 6.24. The molecule has 2 N–H and O–H groups in total. The van der Waals surface area contributed by atoms with Gasteiger partial charge in [0.1, 0.15) is 0 Å². The topological polar surface area (TPSA) is 96.7 Å². The van der Waals surface area contributed by atoms with Crippen LogP contribution in [0.2, 0.25) is 5.28 Å². The molecule has 4 rings (SSSR count). The van der Waals surface area contributed by atoms with Crippen LogP contribution >= 0.6 is 24.0 Å². The summed E-state index contributed by atoms with van der Waals surface area (Å²) in [6, 6.07) is 3.69. The number of halogens is 5. The molecular weight excluding hydrogens is 522 g/mol. The summed E-state index contributed by atoms with van der Waals surface area (Å²) in [7, 11) is 2.73. The predicted octanol–water partition coefficient (Wildman–Crippen LogP) is 4.32. The highest BCUT2D eigenvalue weighted by atomic mass is 35.5. The number of anilines is 2. The number of nitrogens with zero attached hydrogens (tertiary/aromatic N) is 5. The van der Waals surface area contributed by atoms with E-state index in [4.69, 9.17) is 16.3 Å². The Hall–Kier alpha value is -2.67. The molecule has 3 heterocycles. The Kier molecular flexibility index (Phi) is 8.65. The number of methoxy groups -OCH3 is 1. The molecule has 0 spiro atoms. The third-order valence-electron chi connectivity index (χ3n) is 6.08. The molecule has 1 fully saturated rings. The minimum absolute atomic E-state index is 0. The van der Waals surface area contributed by atoms with Gasteiger partial charge in [-0.3, -0.25) is 4.79 Å². The molecule has 0 aliphatic carbocycles. The molecule has 36 heavy (non-hydrogen) atoms. The van der Waals surface area contributed by atoms with Crippen LogP contribution in [0.25, 0.3) is 5.78 Å². The predicted molar refractivity (Wildman–Crippen MR) is 131 cm³/mol. The highest BCUT2D eigenvalue weighted by Gasteiger charge is 2.46. The molecule has 1 aliphatic heterocycles. The summed E-state index contributed by atoms with van der Waals surface area (Å²) in [5, 5.41) is 10.3. The quantitative estimate of drug-likeness (QED) is 0.454. The van der Waals surface area contributed by atoms with Crippen LogP contribution in [0.15, 0.2) is 30.5 Å². The van der Waals surface area contributed by atoms with Crippen LogP contribution in [-0.2, 0) is 9.53 Å². The van der Waals surface area contributed by atoms with Crippen molar-refractivity contribution in [3.8, 4) is 0 Å². The number of hydrogen-bond donors (Lipinski definition) is 2. The molecule has 0 saturated carbocycles. The van der Waals surface area contributed by atoms with Crippen LogP contribution in [0, 0.1) is 5.92 Å². The first-order valence-corrected chi connectivity index (χ1v) is 11.3. The minimum atomic E-state index is -4.63. The van der Waals surface area contributed by atoms with Gasteiger partial charge >= 0.3 is 6.18 Å². The molecule has 0 radical (unpaired) electrons. The lowest BCUT2D eigenvalue weighted by atomic mass is 10.0. The zero-order valence-electron chi connectivity index (χ0n) is 19.7. The Bertz CT molecular complexity index is 1200. The van der Waals surface area contributed by atoms with Gasteiger partial charge in [0.15, 0.2) is 6.04 Å². The zero-order chi connectivity index (χ0) is 25.3. The van der Waals surface area contributed by atoms with Gasteiger partial charge < -0.3 is 20.3 Å². The van der Waals surface area contributed by atoms with Crippen molar-refractivity contribution < 1.29 is 22.7 Å². The second kappa shape index (κ2) is 11.2.